The van der Waals surface area contributed by atoms with Crippen molar-refractivity contribution in [2.75, 3.05) is 20.5 Å². The van der Waals surface area contributed by atoms with Gasteiger partial charge in [0.25, 0.3) is 0 Å². The van der Waals surface area contributed by atoms with Gasteiger partial charge < -0.3 is 37.3 Å². The normalized spacial score (nSPS) is 23.9. The summed E-state index contributed by atoms with van der Waals surface area (Å²) < 4.78 is 50.8. The van der Waals surface area contributed by atoms with Crippen LogP contribution in [0.4, 0.5) is 0 Å². The van der Waals surface area contributed by atoms with Gasteiger partial charge in [-0.3, -0.25) is 0 Å². The van der Waals surface area contributed by atoms with E-state index < -0.39 is 22.4 Å². The first-order chi connectivity index (χ1) is 28.1. The monoisotopic (exact) mass is 871 g/mol. The van der Waals surface area contributed by atoms with Gasteiger partial charge in [-0.25, -0.2) is 4.79 Å². The smallest absolute Gasteiger partial charge is 0.345 e. The molecule has 0 saturated heterocycles. The molecule has 7 atom stereocenters. The third kappa shape index (κ3) is 14.2. The number of benzene rings is 1. The van der Waals surface area contributed by atoms with Gasteiger partial charge in [0, 0.05) is 39.4 Å². The van der Waals surface area contributed by atoms with Gasteiger partial charge in [0.05, 0.1) is 36.6 Å². The van der Waals surface area contributed by atoms with Crippen LogP contribution in [0.1, 0.15) is 131 Å². The van der Waals surface area contributed by atoms with Crippen LogP contribution in [0, 0.1) is 11.3 Å². The Bertz CT molecular complexity index is 1570. The number of carbonyl (C=O) groups is 1. The fraction of sp³-hybridized carbons (Fsp3) is 0.735. The predicted octanol–water partition coefficient (Wildman–Crippen LogP) is 12.1. The Balaban J connectivity index is 1.36. The van der Waals surface area contributed by atoms with Gasteiger partial charge >= 0.3 is 5.97 Å². The zero-order valence-corrected chi connectivity index (χ0v) is 42.0. The van der Waals surface area contributed by atoms with Crippen molar-refractivity contribution in [3.05, 3.63) is 65.8 Å². The van der Waals surface area contributed by atoms with Crippen molar-refractivity contribution in [3.8, 4) is 5.75 Å². The molecule has 9 nitrogen and oxygen atoms in total. The summed E-state index contributed by atoms with van der Waals surface area (Å²) in [5.74, 6) is -0.466. The molecule has 340 valence electrons. The number of fused-ring (bicyclic) bond motifs is 1. The summed E-state index contributed by atoms with van der Waals surface area (Å²) in [5.41, 5.74) is 2.81. The number of hydrogen-bond donors (Lipinski definition) is 0. The van der Waals surface area contributed by atoms with Gasteiger partial charge in [0.2, 0.25) is 5.79 Å². The maximum Gasteiger partial charge on any atom is 0.345 e. The molecule has 3 aliphatic heterocycles. The lowest BCUT2D eigenvalue weighted by atomic mass is 9.85. The van der Waals surface area contributed by atoms with E-state index in [-0.39, 0.29) is 60.7 Å². The Hall–Kier alpha value is -2.10. The molecule has 0 bridgehead atoms. The average Bonchev–Trinajstić information content (AvgIpc) is 3.14. The first kappa shape index (κ1) is 50.5. The number of esters is 1. The number of cyclic esters (lactones) is 1. The number of allylic oxidation sites excluding steroid dienone is 1. The summed E-state index contributed by atoms with van der Waals surface area (Å²) in [7, 11) is -2.22. The molecule has 0 aromatic heterocycles. The Morgan fingerprint density at radius 1 is 0.933 bits per heavy atom. The van der Waals surface area contributed by atoms with Gasteiger partial charge in [-0.2, -0.15) is 0 Å². The summed E-state index contributed by atoms with van der Waals surface area (Å²) in [6.45, 7) is 32.2. The minimum absolute atomic E-state index is 0.0140. The van der Waals surface area contributed by atoms with Crippen molar-refractivity contribution in [1.29, 1.82) is 0 Å². The second kappa shape index (κ2) is 22.0. The van der Waals surface area contributed by atoms with E-state index in [4.69, 9.17) is 37.3 Å². The minimum atomic E-state index is -2.01. The molecular weight excluding hydrogens is 789 g/mol. The van der Waals surface area contributed by atoms with Crippen molar-refractivity contribution >= 4 is 22.6 Å². The highest BCUT2D eigenvalue weighted by atomic mass is 28.4. The molecule has 0 N–H and O–H groups in total. The molecule has 0 saturated carbocycles. The number of carbonyl (C=O) groups excluding carboxylic acids is 1. The standard InChI is InChI=1S/C49H82O9Si2/c1-34(2)60(35(3)4,36(5)6)53-32-48(8,9)45-27-19-25-41(55-45)30-42(52-33-51-12)31-44(58-59(13,14)15)37(7)28-29-40-24-18-23-39(54-40)22-16-20-38-21-17-26-43-46(38)47(50)57-49(10,11)56-43/h16-19,21-22,24,26-27,34-37,39-42,44-45H,20,23,25,28-33H2,1-15H3/b22-16+/t37-,39-,40-,41-,42-,44+,45+/m0/s1. The molecule has 0 amide bonds. The highest BCUT2D eigenvalue weighted by molar-refractivity contribution is 6.77. The van der Waals surface area contributed by atoms with Crippen LogP contribution in [0.15, 0.2) is 54.7 Å². The number of rotatable bonds is 23. The van der Waals surface area contributed by atoms with Gasteiger partial charge in [-0.15, -0.1) is 0 Å². The Kier molecular flexibility index (Phi) is 18.5. The SMILES string of the molecule is COCO[C@@H](C[C@@H]1CC=C[C@H](C(C)(C)CO[Si](C(C)C)(C(C)C)C(C)C)O1)C[C@@H](O[Si](C)(C)C)[C@@H](C)CC[C@@H]1C=CC[C@H](/C=C/Cc2cccc3c2C(=O)OC(C)(C)O3)O1. The van der Waals surface area contributed by atoms with E-state index in [9.17, 15) is 4.79 Å². The van der Waals surface area contributed by atoms with E-state index in [0.717, 1.165) is 44.1 Å². The van der Waals surface area contributed by atoms with Crippen LogP contribution in [0.25, 0.3) is 0 Å². The molecule has 4 rings (SSSR count). The second-order valence-electron chi connectivity index (χ2n) is 20.6. The maximum atomic E-state index is 12.8. The molecule has 3 aliphatic rings. The van der Waals surface area contributed by atoms with E-state index in [0.29, 0.717) is 41.0 Å². The first-order valence-corrected chi connectivity index (χ1v) is 28.4. The van der Waals surface area contributed by atoms with Crippen LogP contribution < -0.4 is 4.74 Å². The van der Waals surface area contributed by atoms with Crippen LogP contribution in [0.5, 0.6) is 5.75 Å². The molecule has 0 fully saturated rings. The molecule has 0 spiro atoms. The van der Waals surface area contributed by atoms with Crippen LogP contribution in [0.2, 0.25) is 36.3 Å². The van der Waals surface area contributed by atoms with Crippen molar-refractivity contribution in [3.63, 3.8) is 0 Å². The summed E-state index contributed by atoms with van der Waals surface area (Å²) in [4.78, 5) is 12.8. The lowest BCUT2D eigenvalue weighted by molar-refractivity contribution is -0.127. The topological polar surface area (TPSA) is 90.9 Å². The molecule has 3 heterocycles. The molecule has 0 unspecified atom stereocenters. The van der Waals surface area contributed by atoms with E-state index in [1.165, 1.54) is 0 Å². The lowest BCUT2D eigenvalue weighted by Gasteiger charge is -2.46. The Morgan fingerprint density at radius 2 is 1.62 bits per heavy atom. The lowest BCUT2D eigenvalue weighted by Crippen LogP contribution is -2.51. The average molecular weight is 871 g/mol. The summed E-state index contributed by atoms with van der Waals surface area (Å²) in [6.07, 6.45) is 18.7. The van der Waals surface area contributed by atoms with Crippen molar-refractivity contribution in [1.82, 2.24) is 0 Å². The van der Waals surface area contributed by atoms with Crippen LogP contribution >= 0.6 is 0 Å². The zero-order valence-electron chi connectivity index (χ0n) is 40.0. The maximum absolute atomic E-state index is 12.8. The minimum Gasteiger partial charge on any atom is -0.452 e. The summed E-state index contributed by atoms with van der Waals surface area (Å²) >= 11 is 0. The molecule has 1 aromatic rings. The second-order valence-corrected chi connectivity index (χ2v) is 30.5. The van der Waals surface area contributed by atoms with Gasteiger partial charge in [0.1, 0.15) is 18.1 Å². The number of ether oxygens (including phenoxy) is 6. The first-order valence-electron chi connectivity index (χ1n) is 22.8. The summed E-state index contributed by atoms with van der Waals surface area (Å²) in [5, 5.41) is 0. The molecule has 0 radical (unpaired) electrons. The molecule has 0 aliphatic carbocycles. The van der Waals surface area contributed by atoms with Crippen molar-refractivity contribution < 1.29 is 42.1 Å². The van der Waals surface area contributed by atoms with Crippen LogP contribution in [-0.2, 0) is 39.0 Å². The van der Waals surface area contributed by atoms with Crippen molar-refractivity contribution in [2.24, 2.45) is 11.3 Å². The van der Waals surface area contributed by atoms with Crippen LogP contribution in [0.3, 0.4) is 0 Å². The molecule has 60 heavy (non-hydrogen) atoms. The number of methoxy groups -OCH3 is 1. The van der Waals surface area contributed by atoms with Gasteiger partial charge in [-0.05, 0) is 92.3 Å². The predicted molar refractivity (Wildman–Crippen MR) is 248 cm³/mol. The summed E-state index contributed by atoms with van der Waals surface area (Å²) in [6, 6.07) is 5.70. The van der Waals surface area contributed by atoms with E-state index in [2.05, 4.69) is 118 Å². The van der Waals surface area contributed by atoms with Crippen LogP contribution in [-0.4, -0.2) is 85.5 Å². The van der Waals surface area contributed by atoms with Gasteiger partial charge in [-0.1, -0.05) is 111 Å². The van der Waals surface area contributed by atoms with Gasteiger partial charge in [0.15, 0.2) is 16.6 Å². The molecule has 1 aromatic carbocycles. The quantitative estimate of drug-likeness (QED) is 0.0461. The fourth-order valence-electron chi connectivity index (χ4n) is 9.51. The highest BCUT2D eigenvalue weighted by Crippen LogP contribution is 2.44. The third-order valence-electron chi connectivity index (χ3n) is 12.5. The molecule has 11 heteroatoms. The zero-order chi connectivity index (χ0) is 44.5. The third-order valence-corrected chi connectivity index (χ3v) is 19.5. The Labute approximate surface area is 366 Å². The highest BCUT2D eigenvalue weighted by Gasteiger charge is 2.47. The van der Waals surface area contributed by atoms with E-state index in [1.54, 1.807) is 21.0 Å². The van der Waals surface area contributed by atoms with E-state index >= 15 is 0 Å². The Morgan fingerprint density at radius 3 is 2.27 bits per heavy atom. The number of hydrogen-bond acceptors (Lipinski definition) is 9. The largest absolute Gasteiger partial charge is 0.452 e. The fourth-order valence-corrected chi connectivity index (χ4v) is 16.4. The van der Waals surface area contributed by atoms with E-state index in [1.807, 2.05) is 18.2 Å². The van der Waals surface area contributed by atoms with Crippen molar-refractivity contribution in [2.45, 2.75) is 200 Å². The molecular formula is C49H82O9Si2.